The van der Waals surface area contributed by atoms with E-state index in [0.29, 0.717) is 34.3 Å². The van der Waals surface area contributed by atoms with Gasteiger partial charge < -0.3 is 19.9 Å². The molecule has 7 heteroatoms. The molecule has 1 aliphatic carbocycles. The number of benzene rings is 2. The van der Waals surface area contributed by atoms with Crippen LogP contribution in [0.1, 0.15) is 42.2 Å². The van der Waals surface area contributed by atoms with Gasteiger partial charge in [-0.05, 0) is 63.7 Å². The van der Waals surface area contributed by atoms with Crippen molar-refractivity contribution in [2.75, 3.05) is 14.2 Å². The van der Waals surface area contributed by atoms with Gasteiger partial charge in [-0.2, -0.15) is 0 Å². The summed E-state index contributed by atoms with van der Waals surface area (Å²) in [6.07, 6.45) is 1.15. The van der Waals surface area contributed by atoms with E-state index in [1.165, 1.54) is 7.11 Å². The van der Waals surface area contributed by atoms with Gasteiger partial charge in [0.05, 0.1) is 18.7 Å². The van der Waals surface area contributed by atoms with Gasteiger partial charge in [0.1, 0.15) is 5.75 Å². The van der Waals surface area contributed by atoms with Crippen molar-refractivity contribution in [3.63, 3.8) is 0 Å². The highest BCUT2D eigenvalue weighted by Gasteiger charge is 2.38. The van der Waals surface area contributed by atoms with Crippen LogP contribution in [0.5, 0.6) is 17.2 Å². The second-order valence-corrected chi connectivity index (χ2v) is 8.41. The maximum atomic E-state index is 13.2. The minimum atomic E-state index is -0.371. The number of methoxy groups -OCH3 is 2. The lowest BCUT2D eigenvalue weighted by molar-refractivity contribution is -0.122. The molecule has 1 aliphatic heterocycles. The molecule has 1 amide bonds. The molecule has 0 unspecified atom stereocenters. The Morgan fingerprint density at radius 2 is 1.73 bits per heavy atom. The van der Waals surface area contributed by atoms with Crippen LogP contribution in [-0.2, 0) is 9.59 Å². The Hall–Kier alpha value is -2.80. The first-order valence-corrected chi connectivity index (χ1v) is 10.5. The summed E-state index contributed by atoms with van der Waals surface area (Å²) in [5.74, 6) is 0.595. The highest BCUT2D eigenvalue weighted by Crippen LogP contribution is 2.45. The van der Waals surface area contributed by atoms with E-state index >= 15 is 0 Å². The van der Waals surface area contributed by atoms with Crippen LogP contribution in [-0.4, -0.2) is 31.0 Å². The van der Waals surface area contributed by atoms with Crippen molar-refractivity contribution in [1.29, 1.82) is 0 Å². The van der Waals surface area contributed by atoms with E-state index in [0.717, 1.165) is 16.9 Å². The van der Waals surface area contributed by atoms with Gasteiger partial charge in [0.25, 0.3) is 0 Å². The number of hydrogen-bond donors (Lipinski definition) is 2. The lowest BCUT2D eigenvalue weighted by Crippen LogP contribution is -2.38. The number of ether oxygens (including phenoxy) is 2. The van der Waals surface area contributed by atoms with Crippen molar-refractivity contribution in [2.45, 2.75) is 31.1 Å². The molecule has 0 radical (unpaired) electrons. The number of Topliss-reactive ketones (excluding diaryl/α,β-unsaturated/α-hetero) is 1. The summed E-state index contributed by atoms with van der Waals surface area (Å²) in [6.45, 7) is 0. The van der Waals surface area contributed by atoms with E-state index in [2.05, 4.69) is 21.2 Å². The van der Waals surface area contributed by atoms with Gasteiger partial charge in [-0.25, -0.2) is 0 Å². The molecule has 156 valence electrons. The first-order valence-electron chi connectivity index (χ1n) is 9.67. The highest BCUT2D eigenvalue weighted by molar-refractivity contribution is 9.10. The largest absolute Gasteiger partial charge is 0.503 e. The molecule has 0 saturated heterocycles. The number of phenolic OH excluding ortho intramolecular Hbond substituents is 1. The van der Waals surface area contributed by atoms with Crippen LogP contribution in [0.2, 0.25) is 0 Å². The summed E-state index contributed by atoms with van der Waals surface area (Å²) >= 11 is 3.33. The lowest BCUT2D eigenvalue weighted by atomic mass is 9.73. The topological polar surface area (TPSA) is 84.9 Å². The molecule has 2 N–H and O–H groups in total. The fourth-order valence-electron chi connectivity index (χ4n) is 4.31. The van der Waals surface area contributed by atoms with Crippen molar-refractivity contribution in [2.24, 2.45) is 0 Å². The molecular formula is C23H22BrNO5. The number of hydrogen-bond acceptors (Lipinski definition) is 5. The van der Waals surface area contributed by atoms with Crippen LogP contribution in [0.25, 0.3) is 0 Å². The molecule has 1 heterocycles. The number of allylic oxidation sites excluding steroid dienone is 2. The molecule has 0 fully saturated rings. The zero-order chi connectivity index (χ0) is 21.4. The van der Waals surface area contributed by atoms with Crippen LogP contribution in [0.15, 0.2) is 52.1 Å². The molecule has 2 atom stereocenters. The normalized spacial score (nSPS) is 21.2. The van der Waals surface area contributed by atoms with Crippen LogP contribution in [0.4, 0.5) is 0 Å². The fourth-order valence-corrected chi connectivity index (χ4v) is 4.77. The Labute approximate surface area is 183 Å². The first-order chi connectivity index (χ1) is 14.4. The van der Waals surface area contributed by atoms with Crippen LogP contribution >= 0.6 is 15.9 Å². The van der Waals surface area contributed by atoms with Gasteiger partial charge >= 0.3 is 0 Å². The number of amides is 1. The molecule has 0 bridgehead atoms. The predicted molar refractivity (Wildman–Crippen MR) is 115 cm³/mol. The van der Waals surface area contributed by atoms with Crippen molar-refractivity contribution in [3.8, 4) is 17.2 Å². The van der Waals surface area contributed by atoms with E-state index in [1.54, 1.807) is 19.2 Å². The third-order valence-corrected chi connectivity index (χ3v) is 6.40. The van der Waals surface area contributed by atoms with Crippen molar-refractivity contribution in [1.82, 2.24) is 5.32 Å². The monoisotopic (exact) mass is 471 g/mol. The number of ketones is 1. The van der Waals surface area contributed by atoms with Gasteiger partial charge in [-0.15, -0.1) is 0 Å². The summed E-state index contributed by atoms with van der Waals surface area (Å²) in [5, 5.41) is 13.0. The first kappa shape index (κ1) is 20.5. The maximum Gasteiger partial charge on any atom is 0.225 e. The Kier molecular flexibility index (Phi) is 5.56. The molecule has 6 nitrogen and oxygen atoms in total. The molecule has 4 rings (SSSR count). The van der Waals surface area contributed by atoms with Crippen LogP contribution < -0.4 is 14.8 Å². The number of aromatic hydroxyl groups is 1. The average molecular weight is 472 g/mol. The molecule has 2 aliphatic rings. The average Bonchev–Trinajstić information content (AvgIpc) is 2.74. The molecular weight excluding hydrogens is 450 g/mol. The second-order valence-electron chi connectivity index (χ2n) is 7.55. The molecule has 0 aromatic heterocycles. The van der Waals surface area contributed by atoms with Gasteiger partial charge in [0.15, 0.2) is 17.3 Å². The lowest BCUT2D eigenvalue weighted by Gasteiger charge is -2.34. The Bertz CT molecular complexity index is 1040. The van der Waals surface area contributed by atoms with E-state index in [1.807, 2.05) is 24.3 Å². The van der Waals surface area contributed by atoms with E-state index in [9.17, 15) is 14.7 Å². The number of phenols is 1. The van der Waals surface area contributed by atoms with E-state index in [4.69, 9.17) is 9.47 Å². The minimum Gasteiger partial charge on any atom is -0.503 e. The Balaban J connectivity index is 1.71. The third kappa shape index (κ3) is 3.69. The zero-order valence-electron chi connectivity index (χ0n) is 16.7. The van der Waals surface area contributed by atoms with Gasteiger partial charge in [0.2, 0.25) is 5.91 Å². The maximum absolute atomic E-state index is 13.2. The number of nitrogens with one attached hydrogen (secondary N) is 1. The van der Waals surface area contributed by atoms with Crippen LogP contribution in [0, 0.1) is 0 Å². The van der Waals surface area contributed by atoms with Gasteiger partial charge in [-0.3, -0.25) is 9.59 Å². The van der Waals surface area contributed by atoms with Crippen molar-refractivity contribution >= 4 is 27.6 Å². The minimum absolute atomic E-state index is 0.00213. The summed E-state index contributed by atoms with van der Waals surface area (Å²) in [5.41, 5.74) is 3.15. The molecule has 0 saturated carbocycles. The number of carbonyl (C=O) groups is 2. The van der Waals surface area contributed by atoms with Crippen molar-refractivity contribution in [3.05, 3.63) is 63.3 Å². The fraction of sp³-hybridized carbons (Fsp3) is 0.304. The molecule has 2 aromatic carbocycles. The predicted octanol–water partition coefficient (Wildman–Crippen LogP) is 4.18. The standard InChI is InChI=1S/C23H22BrNO5/c1-29-15-5-3-12(4-6-15)13-8-18-22(19(26)9-13)16(11-21(27)25-18)14-7-17(24)23(28)20(10-14)30-2/h3-7,10,13,16,28H,8-9,11H2,1-2H3,(H,25,27)/t13-,16+/m0/s1. The van der Waals surface area contributed by atoms with Crippen molar-refractivity contribution < 1.29 is 24.2 Å². The van der Waals surface area contributed by atoms with Crippen LogP contribution in [0.3, 0.4) is 0 Å². The third-order valence-electron chi connectivity index (χ3n) is 5.80. The summed E-state index contributed by atoms with van der Waals surface area (Å²) in [7, 11) is 3.08. The Morgan fingerprint density at radius 1 is 1.00 bits per heavy atom. The van der Waals surface area contributed by atoms with E-state index < -0.39 is 0 Å². The molecule has 0 spiro atoms. The Morgan fingerprint density at radius 3 is 2.40 bits per heavy atom. The molecule has 2 aromatic rings. The number of halogens is 1. The highest BCUT2D eigenvalue weighted by atomic mass is 79.9. The second kappa shape index (κ2) is 8.14. The zero-order valence-corrected chi connectivity index (χ0v) is 18.3. The van der Waals surface area contributed by atoms with Gasteiger partial charge in [-0.1, -0.05) is 12.1 Å². The smallest absolute Gasteiger partial charge is 0.225 e. The number of rotatable bonds is 4. The SMILES string of the molecule is COc1ccc([C@@H]2CC(=O)C3=C(C2)NC(=O)C[C@@H]3c2cc(Br)c(O)c(OC)c2)cc1. The summed E-state index contributed by atoms with van der Waals surface area (Å²) in [4.78, 5) is 25.7. The number of carbonyl (C=O) groups excluding carboxylic acids is 2. The van der Waals surface area contributed by atoms with Gasteiger partial charge in [0, 0.05) is 30.0 Å². The molecule has 30 heavy (non-hydrogen) atoms. The summed E-state index contributed by atoms with van der Waals surface area (Å²) in [6, 6.07) is 11.1. The quantitative estimate of drug-likeness (QED) is 0.698. The summed E-state index contributed by atoms with van der Waals surface area (Å²) < 4.78 is 10.9. The van der Waals surface area contributed by atoms with E-state index in [-0.39, 0.29) is 35.7 Å².